The number of phenols is 1. The Morgan fingerprint density at radius 2 is 1.72 bits per heavy atom. The molecule has 25 heavy (non-hydrogen) atoms. The second kappa shape index (κ2) is 7.10. The Labute approximate surface area is 152 Å². The summed E-state index contributed by atoms with van der Waals surface area (Å²) >= 11 is 1.61. The fourth-order valence-corrected chi connectivity index (χ4v) is 4.57. The largest absolute Gasteiger partial charge is 0.508 e. The predicted octanol–water partition coefficient (Wildman–Crippen LogP) is 3.37. The Bertz CT molecular complexity index is 733. The third-order valence-corrected chi connectivity index (χ3v) is 6.01. The lowest BCUT2D eigenvalue weighted by Crippen LogP contribution is -2.47. The van der Waals surface area contributed by atoms with Crippen molar-refractivity contribution in [2.75, 3.05) is 19.6 Å². The van der Waals surface area contributed by atoms with Gasteiger partial charge < -0.3 is 15.3 Å². The van der Waals surface area contributed by atoms with Crippen LogP contribution in [0.5, 0.6) is 5.75 Å². The van der Waals surface area contributed by atoms with Gasteiger partial charge in [0, 0.05) is 34.5 Å². The van der Waals surface area contributed by atoms with Crippen molar-refractivity contribution in [2.24, 2.45) is 5.92 Å². The zero-order valence-electron chi connectivity index (χ0n) is 14.0. The van der Waals surface area contributed by atoms with Gasteiger partial charge in [0.05, 0.1) is 0 Å². The second-order valence-electron chi connectivity index (χ2n) is 6.94. The molecule has 2 aromatic rings. The van der Waals surface area contributed by atoms with E-state index in [0.29, 0.717) is 5.56 Å². The minimum atomic E-state index is 0.0219. The van der Waals surface area contributed by atoms with Crippen molar-refractivity contribution < 1.29 is 9.90 Å². The number of hydrogen-bond donors (Lipinski definition) is 2. The third-order valence-electron chi connectivity index (χ3n) is 4.99. The van der Waals surface area contributed by atoms with Crippen molar-refractivity contribution in [1.82, 2.24) is 10.2 Å². The van der Waals surface area contributed by atoms with Gasteiger partial charge in [0.25, 0.3) is 5.91 Å². The van der Waals surface area contributed by atoms with Gasteiger partial charge in [0.1, 0.15) is 5.75 Å². The highest BCUT2D eigenvalue weighted by Crippen LogP contribution is 2.29. The minimum absolute atomic E-state index is 0.0219. The molecule has 2 aromatic carbocycles. The minimum Gasteiger partial charge on any atom is -0.508 e. The van der Waals surface area contributed by atoms with E-state index in [0.717, 1.165) is 28.7 Å². The lowest BCUT2D eigenvalue weighted by Gasteiger charge is -2.30. The molecular formula is C20H22N2O2S. The van der Waals surface area contributed by atoms with E-state index >= 15 is 0 Å². The van der Waals surface area contributed by atoms with E-state index in [-0.39, 0.29) is 17.7 Å². The van der Waals surface area contributed by atoms with E-state index in [1.54, 1.807) is 23.9 Å². The summed E-state index contributed by atoms with van der Waals surface area (Å²) in [6.07, 6.45) is 2.38. The first-order chi connectivity index (χ1) is 12.2. The summed E-state index contributed by atoms with van der Waals surface area (Å²) in [4.78, 5) is 17.1. The molecule has 1 unspecified atom stereocenters. The number of fused-ring (bicyclic) bond motifs is 2. The van der Waals surface area contributed by atoms with Crippen LogP contribution in [0, 0.1) is 5.92 Å². The monoisotopic (exact) mass is 354 g/mol. The summed E-state index contributed by atoms with van der Waals surface area (Å²) in [5.74, 6) is 1.04. The molecule has 2 aliphatic rings. The van der Waals surface area contributed by atoms with Crippen LogP contribution in [0.15, 0.2) is 58.3 Å². The smallest absolute Gasteiger partial charge is 0.251 e. The average Bonchev–Trinajstić information content (AvgIpc) is 2.96. The molecule has 2 fully saturated rings. The normalized spacial score (nSPS) is 24.9. The van der Waals surface area contributed by atoms with Crippen LogP contribution in [-0.2, 0) is 0 Å². The lowest BCUT2D eigenvalue weighted by atomic mass is 9.96. The van der Waals surface area contributed by atoms with Gasteiger partial charge in [-0.3, -0.25) is 4.79 Å². The van der Waals surface area contributed by atoms with Crippen LogP contribution in [0.3, 0.4) is 0 Å². The van der Waals surface area contributed by atoms with Gasteiger partial charge in [-0.2, -0.15) is 0 Å². The average molecular weight is 354 g/mol. The van der Waals surface area contributed by atoms with Gasteiger partial charge >= 0.3 is 0 Å². The maximum Gasteiger partial charge on any atom is 0.251 e. The van der Waals surface area contributed by atoms with Crippen molar-refractivity contribution in [2.45, 2.75) is 28.7 Å². The molecule has 0 spiro atoms. The molecule has 0 aromatic heterocycles. The number of nitrogens with one attached hydrogen (secondary N) is 1. The van der Waals surface area contributed by atoms with Crippen molar-refractivity contribution >= 4 is 17.7 Å². The van der Waals surface area contributed by atoms with E-state index in [9.17, 15) is 9.90 Å². The molecule has 130 valence electrons. The number of rotatable bonds is 4. The summed E-state index contributed by atoms with van der Waals surface area (Å²) in [7, 11) is 0. The second-order valence-corrected chi connectivity index (χ2v) is 8.09. The Morgan fingerprint density at radius 1 is 1.04 bits per heavy atom. The van der Waals surface area contributed by atoms with Crippen LogP contribution in [0.4, 0.5) is 0 Å². The number of amides is 1. The van der Waals surface area contributed by atoms with E-state index in [2.05, 4.69) is 10.2 Å². The SMILES string of the molecule is O=C(N[C@@H]1C[C@H]2CCN(C2)C1)c1ccc(Sc2ccc(O)cc2)cc1. The van der Waals surface area contributed by atoms with E-state index in [1.165, 1.54) is 19.5 Å². The van der Waals surface area contributed by atoms with E-state index in [4.69, 9.17) is 0 Å². The number of carbonyl (C=O) groups excluding carboxylic acids is 1. The van der Waals surface area contributed by atoms with Gasteiger partial charge in [-0.1, -0.05) is 11.8 Å². The zero-order valence-corrected chi connectivity index (χ0v) is 14.8. The van der Waals surface area contributed by atoms with Crippen molar-refractivity contribution in [3.8, 4) is 5.75 Å². The molecule has 4 nitrogen and oxygen atoms in total. The first-order valence-corrected chi connectivity index (χ1v) is 9.57. The van der Waals surface area contributed by atoms with Crippen molar-refractivity contribution in [3.05, 3.63) is 54.1 Å². The standard InChI is InChI=1S/C20H22N2O2S/c23-17-3-7-19(8-4-17)25-18-5-1-15(2-6-18)20(24)21-16-11-14-9-10-22(12-14)13-16/h1-8,14,16,23H,9-13H2,(H,21,24)/t14-,16-/m1/s1. The molecule has 2 heterocycles. The summed E-state index contributed by atoms with van der Waals surface area (Å²) < 4.78 is 0. The molecule has 2 bridgehead atoms. The molecule has 4 rings (SSSR count). The molecule has 2 N–H and O–H groups in total. The predicted molar refractivity (Wildman–Crippen MR) is 99.1 cm³/mol. The number of phenolic OH excluding ortho intramolecular Hbond substituents is 1. The van der Waals surface area contributed by atoms with Crippen LogP contribution in [0.2, 0.25) is 0 Å². The van der Waals surface area contributed by atoms with E-state index in [1.807, 2.05) is 36.4 Å². The Kier molecular flexibility index (Phi) is 4.68. The quantitative estimate of drug-likeness (QED) is 0.884. The zero-order chi connectivity index (χ0) is 17.2. The Balaban J connectivity index is 1.36. The molecular weight excluding hydrogens is 332 g/mol. The highest BCUT2D eigenvalue weighted by Gasteiger charge is 2.32. The van der Waals surface area contributed by atoms with Crippen LogP contribution in [0.25, 0.3) is 0 Å². The molecule has 0 aliphatic carbocycles. The van der Waals surface area contributed by atoms with Gasteiger partial charge in [0.2, 0.25) is 0 Å². The summed E-state index contributed by atoms with van der Waals surface area (Å²) in [6.45, 7) is 3.37. The maximum absolute atomic E-state index is 12.5. The van der Waals surface area contributed by atoms with Crippen molar-refractivity contribution in [1.29, 1.82) is 0 Å². The van der Waals surface area contributed by atoms with Crippen LogP contribution >= 0.6 is 11.8 Å². The molecule has 1 amide bonds. The summed E-state index contributed by atoms with van der Waals surface area (Å²) in [5.41, 5.74) is 0.711. The van der Waals surface area contributed by atoms with Gasteiger partial charge in [-0.05, 0) is 73.8 Å². The molecule has 2 saturated heterocycles. The number of piperidine rings is 1. The summed E-state index contributed by atoms with van der Waals surface area (Å²) in [6, 6.07) is 15.1. The molecule has 2 aliphatic heterocycles. The number of benzene rings is 2. The number of aromatic hydroxyl groups is 1. The van der Waals surface area contributed by atoms with Gasteiger partial charge in [-0.25, -0.2) is 0 Å². The fraction of sp³-hybridized carbons (Fsp3) is 0.350. The van der Waals surface area contributed by atoms with Gasteiger partial charge in [0.15, 0.2) is 0 Å². The topological polar surface area (TPSA) is 52.6 Å². The number of hydrogen-bond acceptors (Lipinski definition) is 4. The number of nitrogens with zero attached hydrogens (tertiary/aromatic N) is 1. The van der Waals surface area contributed by atoms with E-state index < -0.39 is 0 Å². The van der Waals surface area contributed by atoms with Gasteiger partial charge in [-0.15, -0.1) is 0 Å². The molecule has 5 heteroatoms. The fourth-order valence-electron chi connectivity index (χ4n) is 3.76. The Morgan fingerprint density at radius 3 is 2.40 bits per heavy atom. The highest BCUT2D eigenvalue weighted by atomic mass is 32.2. The Hall–Kier alpha value is -1.98. The van der Waals surface area contributed by atoms with Crippen LogP contribution in [0.1, 0.15) is 23.2 Å². The highest BCUT2D eigenvalue weighted by molar-refractivity contribution is 7.99. The molecule has 0 radical (unpaired) electrons. The first-order valence-electron chi connectivity index (χ1n) is 8.76. The summed E-state index contributed by atoms with van der Waals surface area (Å²) in [5, 5.41) is 12.5. The van der Waals surface area contributed by atoms with Crippen LogP contribution < -0.4 is 5.32 Å². The van der Waals surface area contributed by atoms with Crippen LogP contribution in [-0.4, -0.2) is 41.6 Å². The van der Waals surface area contributed by atoms with Crippen molar-refractivity contribution in [3.63, 3.8) is 0 Å². The third kappa shape index (κ3) is 3.99. The first kappa shape index (κ1) is 16.5. The molecule has 3 atom stereocenters. The number of carbonyl (C=O) groups is 1. The lowest BCUT2D eigenvalue weighted by molar-refractivity contribution is 0.0909. The maximum atomic E-state index is 12.5. The molecule has 0 saturated carbocycles.